The molecule has 1 aromatic heterocycles. The van der Waals surface area contributed by atoms with Crippen molar-refractivity contribution in [1.82, 2.24) is 4.98 Å². The van der Waals surface area contributed by atoms with E-state index in [-0.39, 0.29) is 31.2 Å². The highest BCUT2D eigenvalue weighted by atomic mass is 19.1. The molecule has 0 radical (unpaired) electrons. The normalized spacial score (nSPS) is 16.4. The van der Waals surface area contributed by atoms with Crippen LogP contribution < -0.4 is 19.3 Å². The van der Waals surface area contributed by atoms with Crippen LogP contribution in [0.2, 0.25) is 0 Å². The lowest BCUT2D eigenvalue weighted by atomic mass is 9.79. The average molecular weight is 552 g/mol. The van der Waals surface area contributed by atoms with Crippen LogP contribution in [0.15, 0.2) is 48.7 Å². The van der Waals surface area contributed by atoms with Crippen LogP contribution in [0.5, 0.6) is 11.5 Å². The first-order chi connectivity index (χ1) is 19.2. The number of benzene rings is 2. The van der Waals surface area contributed by atoms with Gasteiger partial charge in [-0.15, -0.1) is 0 Å². The standard InChI is InChI=1S/C30H31F2N3O5/c1-19-15-21(31)16-33-28(19)34-13-11-30(12-14-34,29(37)38)18-40-25-9-8-24(32)27-23(25)7-10-26(36)35(27)17-20-3-5-22(39-2)6-4-20/h3-6,8-9,15-16H,7,10-14,17-18H2,1-2H3,(H,37,38). The van der Waals surface area contributed by atoms with Crippen molar-refractivity contribution in [2.45, 2.75) is 39.2 Å². The summed E-state index contributed by atoms with van der Waals surface area (Å²) in [6, 6.07) is 11.4. The van der Waals surface area contributed by atoms with Crippen LogP contribution >= 0.6 is 0 Å². The predicted molar refractivity (Wildman–Crippen MR) is 145 cm³/mol. The smallest absolute Gasteiger partial charge is 0.313 e. The number of piperidine rings is 1. The van der Waals surface area contributed by atoms with Gasteiger partial charge in [0, 0.05) is 25.1 Å². The fourth-order valence-electron chi connectivity index (χ4n) is 5.48. The van der Waals surface area contributed by atoms with Crippen molar-refractivity contribution in [3.63, 3.8) is 0 Å². The number of aliphatic carboxylic acids is 1. The summed E-state index contributed by atoms with van der Waals surface area (Å²) in [6.45, 7) is 2.69. The number of anilines is 2. The molecule has 0 atom stereocenters. The molecule has 0 saturated carbocycles. The highest BCUT2D eigenvalue weighted by Gasteiger charge is 2.43. The summed E-state index contributed by atoms with van der Waals surface area (Å²) in [5.74, 6) is -0.427. The van der Waals surface area contributed by atoms with E-state index in [9.17, 15) is 19.1 Å². The molecule has 2 aromatic carbocycles. The SMILES string of the molecule is COc1ccc(CN2C(=O)CCc3c(OCC4(C(=O)O)CCN(c5ncc(F)cc5C)CC4)ccc(F)c32)cc1. The van der Waals surface area contributed by atoms with Crippen LogP contribution in [-0.2, 0) is 22.6 Å². The van der Waals surface area contributed by atoms with Crippen molar-refractivity contribution in [3.05, 3.63) is 77.0 Å². The molecule has 40 heavy (non-hydrogen) atoms. The minimum atomic E-state index is -1.15. The van der Waals surface area contributed by atoms with Crippen LogP contribution in [0.25, 0.3) is 0 Å². The third-order valence-corrected chi connectivity index (χ3v) is 7.85. The number of carboxylic acids is 1. The van der Waals surface area contributed by atoms with Gasteiger partial charge in [0.25, 0.3) is 0 Å². The zero-order chi connectivity index (χ0) is 28.4. The van der Waals surface area contributed by atoms with Crippen molar-refractivity contribution in [3.8, 4) is 11.5 Å². The second-order valence-corrected chi connectivity index (χ2v) is 10.4. The van der Waals surface area contributed by atoms with Gasteiger partial charge in [-0.05, 0) is 67.6 Å². The maximum absolute atomic E-state index is 15.2. The Kier molecular flexibility index (Phi) is 7.60. The number of carboxylic acid groups (broad SMARTS) is 1. The third-order valence-electron chi connectivity index (χ3n) is 7.85. The number of aromatic nitrogens is 1. The van der Waals surface area contributed by atoms with E-state index >= 15 is 4.39 Å². The van der Waals surface area contributed by atoms with Gasteiger partial charge in [-0.2, -0.15) is 0 Å². The van der Waals surface area contributed by atoms with Crippen LogP contribution in [0, 0.1) is 24.0 Å². The number of ether oxygens (including phenoxy) is 2. The topological polar surface area (TPSA) is 92.2 Å². The summed E-state index contributed by atoms with van der Waals surface area (Å²) in [4.78, 5) is 32.9. The van der Waals surface area contributed by atoms with Crippen LogP contribution in [0.3, 0.4) is 0 Å². The minimum Gasteiger partial charge on any atom is -0.497 e. The number of fused-ring (bicyclic) bond motifs is 1. The van der Waals surface area contributed by atoms with Crippen LogP contribution in [-0.4, -0.2) is 48.8 Å². The maximum atomic E-state index is 15.2. The highest BCUT2D eigenvalue weighted by molar-refractivity contribution is 5.97. The first-order valence-electron chi connectivity index (χ1n) is 13.2. The molecule has 2 aliphatic heterocycles. The molecule has 8 nitrogen and oxygen atoms in total. The molecule has 0 unspecified atom stereocenters. The van der Waals surface area contributed by atoms with Crippen molar-refractivity contribution >= 4 is 23.4 Å². The van der Waals surface area contributed by atoms with E-state index in [0.29, 0.717) is 60.8 Å². The molecule has 1 N–H and O–H groups in total. The monoisotopic (exact) mass is 551 g/mol. The molecule has 0 bridgehead atoms. The lowest BCUT2D eigenvalue weighted by Gasteiger charge is -2.39. The Morgan fingerprint density at radius 3 is 2.48 bits per heavy atom. The van der Waals surface area contributed by atoms with Crippen molar-refractivity contribution in [2.24, 2.45) is 5.41 Å². The van der Waals surface area contributed by atoms with Gasteiger partial charge in [0.05, 0.1) is 25.5 Å². The number of aryl methyl sites for hydroxylation is 1. The minimum absolute atomic E-state index is 0.101. The van der Waals surface area contributed by atoms with Gasteiger partial charge in [0.15, 0.2) is 0 Å². The summed E-state index contributed by atoms with van der Waals surface area (Å²) < 4.78 is 40.0. The number of hydrogen-bond donors (Lipinski definition) is 1. The van der Waals surface area contributed by atoms with Crippen molar-refractivity contribution < 1.29 is 33.0 Å². The molecular formula is C30H31F2N3O5. The molecule has 210 valence electrons. The first kappa shape index (κ1) is 27.4. The lowest BCUT2D eigenvalue weighted by Crippen LogP contribution is -2.48. The predicted octanol–water partition coefficient (Wildman–Crippen LogP) is 4.91. The first-order valence-corrected chi connectivity index (χ1v) is 13.2. The van der Waals surface area contributed by atoms with Gasteiger partial charge in [0.2, 0.25) is 5.91 Å². The molecule has 0 aliphatic carbocycles. The quantitative estimate of drug-likeness (QED) is 0.426. The maximum Gasteiger partial charge on any atom is 0.313 e. The Morgan fingerprint density at radius 1 is 1.10 bits per heavy atom. The number of methoxy groups -OCH3 is 1. The molecule has 2 aliphatic rings. The molecule has 1 amide bonds. The highest BCUT2D eigenvalue weighted by Crippen LogP contribution is 2.40. The van der Waals surface area contributed by atoms with Gasteiger partial charge in [-0.25, -0.2) is 13.8 Å². The fourth-order valence-corrected chi connectivity index (χ4v) is 5.48. The van der Waals surface area contributed by atoms with E-state index in [1.807, 2.05) is 17.0 Å². The second-order valence-electron chi connectivity index (χ2n) is 10.4. The molecular weight excluding hydrogens is 520 g/mol. The van der Waals surface area contributed by atoms with E-state index in [0.717, 1.165) is 11.8 Å². The summed E-state index contributed by atoms with van der Waals surface area (Å²) in [5.41, 5.74) is 1.07. The van der Waals surface area contributed by atoms with Gasteiger partial charge in [-0.1, -0.05) is 12.1 Å². The second kappa shape index (κ2) is 11.1. The average Bonchev–Trinajstić information content (AvgIpc) is 2.95. The Bertz CT molecular complexity index is 1420. The molecule has 3 heterocycles. The Balaban J connectivity index is 1.34. The summed E-state index contributed by atoms with van der Waals surface area (Å²) in [7, 11) is 1.57. The van der Waals surface area contributed by atoms with Gasteiger partial charge in [-0.3, -0.25) is 9.59 Å². The molecule has 10 heteroatoms. The summed E-state index contributed by atoms with van der Waals surface area (Å²) in [6.07, 6.45) is 2.24. The van der Waals surface area contributed by atoms with E-state index in [1.54, 1.807) is 26.2 Å². The van der Waals surface area contributed by atoms with Crippen LogP contribution in [0.1, 0.15) is 36.0 Å². The van der Waals surface area contributed by atoms with Crippen molar-refractivity contribution in [1.29, 1.82) is 0 Å². The number of nitrogens with zero attached hydrogens (tertiary/aromatic N) is 3. The zero-order valence-corrected chi connectivity index (χ0v) is 22.5. The van der Waals surface area contributed by atoms with Gasteiger partial charge >= 0.3 is 5.97 Å². The molecule has 0 spiro atoms. The molecule has 1 saturated heterocycles. The van der Waals surface area contributed by atoms with E-state index in [4.69, 9.17) is 9.47 Å². The van der Waals surface area contributed by atoms with E-state index in [2.05, 4.69) is 4.98 Å². The van der Waals surface area contributed by atoms with Crippen LogP contribution in [0.4, 0.5) is 20.3 Å². The Labute approximate surface area is 231 Å². The molecule has 1 fully saturated rings. The largest absolute Gasteiger partial charge is 0.497 e. The third kappa shape index (κ3) is 5.30. The summed E-state index contributed by atoms with van der Waals surface area (Å²) in [5, 5.41) is 10.2. The zero-order valence-electron chi connectivity index (χ0n) is 22.5. The number of hydrogen-bond acceptors (Lipinski definition) is 6. The molecule has 3 aromatic rings. The number of carbonyl (C=O) groups is 2. The van der Waals surface area contributed by atoms with E-state index < -0.39 is 23.0 Å². The lowest BCUT2D eigenvalue weighted by molar-refractivity contribution is -0.152. The number of pyridine rings is 1. The number of halogens is 2. The number of rotatable bonds is 8. The van der Waals surface area contributed by atoms with E-state index in [1.165, 1.54) is 23.1 Å². The van der Waals surface area contributed by atoms with Crippen molar-refractivity contribution in [2.75, 3.05) is 36.6 Å². The molecule has 5 rings (SSSR count). The van der Waals surface area contributed by atoms with Gasteiger partial charge in [0.1, 0.15) is 41.0 Å². The van der Waals surface area contributed by atoms with Gasteiger partial charge < -0.3 is 24.4 Å². The Hall–Kier alpha value is -4.21. The Morgan fingerprint density at radius 2 is 1.82 bits per heavy atom. The summed E-state index contributed by atoms with van der Waals surface area (Å²) >= 11 is 0. The number of amides is 1. The fraction of sp³-hybridized carbons (Fsp3) is 0.367. The number of carbonyl (C=O) groups excluding carboxylic acids is 1.